The van der Waals surface area contributed by atoms with Crippen LogP contribution in [0.25, 0.3) is 10.9 Å². The quantitative estimate of drug-likeness (QED) is 0.747. The van der Waals surface area contributed by atoms with E-state index in [0.717, 1.165) is 10.9 Å². The number of hydrogen-bond donors (Lipinski definition) is 3. The van der Waals surface area contributed by atoms with Gasteiger partial charge in [-0.25, -0.2) is 0 Å². The molecule has 0 radical (unpaired) electrons. The summed E-state index contributed by atoms with van der Waals surface area (Å²) in [4.78, 5) is 7.33. The van der Waals surface area contributed by atoms with Crippen molar-refractivity contribution in [3.8, 4) is 0 Å². The highest BCUT2D eigenvalue weighted by atomic mass is 19.4. The Kier molecular flexibility index (Phi) is 2.60. The first-order valence-corrected chi connectivity index (χ1v) is 5.69. The highest BCUT2D eigenvalue weighted by molar-refractivity contribution is 5.83. The van der Waals surface area contributed by atoms with E-state index in [1.165, 1.54) is 0 Å². The molecule has 0 saturated carbocycles. The van der Waals surface area contributed by atoms with Crippen molar-refractivity contribution in [2.75, 3.05) is 0 Å². The third-order valence-electron chi connectivity index (χ3n) is 3.29. The van der Waals surface area contributed by atoms with Gasteiger partial charge < -0.3 is 10.1 Å². The van der Waals surface area contributed by atoms with Crippen LogP contribution >= 0.6 is 0 Å². The molecule has 0 bridgehead atoms. The fourth-order valence-electron chi connectivity index (χ4n) is 2.26. The first-order valence-electron chi connectivity index (χ1n) is 5.69. The van der Waals surface area contributed by atoms with Crippen molar-refractivity contribution in [3.63, 3.8) is 0 Å². The summed E-state index contributed by atoms with van der Waals surface area (Å²) in [5.41, 5.74) is 3.71. The van der Waals surface area contributed by atoms with E-state index in [1.807, 2.05) is 12.1 Å². The summed E-state index contributed by atoms with van der Waals surface area (Å²) in [6, 6.07) is 6.53. The van der Waals surface area contributed by atoms with Crippen molar-refractivity contribution < 1.29 is 23.1 Å². The Balaban J connectivity index is 1.93. The van der Waals surface area contributed by atoms with Crippen LogP contribution in [0.5, 0.6) is 0 Å². The normalized spacial score (nSPS) is 28.1. The van der Waals surface area contributed by atoms with Crippen LogP contribution in [0, 0.1) is 0 Å². The van der Waals surface area contributed by atoms with Gasteiger partial charge in [0.25, 0.3) is 5.79 Å². The minimum atomic E-state index is -4.83. The molecule has 2 aromatic rings. The third-order valence-corrected chi connectivity index (χ3v) is 3.29. The average molecular weight is 272 g/mol. The van der Waals surface area contributed by atoms with Gasteiger partial charge in [-0.2, -0.15) is 18.7 Å². The highest BCUT2D eigenvalue weighted by Crippen LogP contribution is 2.43. The largest absolute Gasteiger partial charge is 0.444 e. The minimum absolute atomic E-state index is 0.585. The molecule has 3 N–H and O–H groups in total. The van der Waals surface area contributed by atoms with E-state index in [0.29, 0.717) is 5.56 Å². The predicted molar refractivity (Wildman–Crippen MR) is 60.9 cm³/mol. The fourth-order valence-corrected chi connectivity index (χ4v) is 2.26. The van der Waals surface area contributed by atoms with E-state index in [4.69, 9.17) is 0 Å². The van der Waals surface area contributed by atoms with E-state index in [1.54, 1.807) is 18.3 Å². The molecular formula is C12H11F3N2O2. The molecule has 0 amide bonds. The Morgan fingerprint density at radius 3 is 2.74 bits per heavy atom. The summed E-state index contributed by atoms with van der Waals surface area (Å²) in [6.07, 6.45) is -3.80. The van der Waals surface area contributed by atoms with Crippen LogP contribution < -0.4 is 5.48 Å². The summed E-state index contributed by atoms with van der Waals surface area (Å²) in [5.74, 6) is -3.14. The number of aliphatic hydroxyl groups is 1. The van der Waals surface area contributed by atoms with Crippen molar-refractivity contribution in [1.82, 2.24) is 10.5 Å². The van der Waals surface area contributed by atoms with Crippen molar-refractivity contribution in [2.45, 2.75) is 24.4 Å². The molecule has 7 heteroatoms. The Morgan fingerprint density at radius 1 is 1.32 bits per heavy atom. The average Bonchev–Trinajstić information content (AvgIpc) is 2.92. The van der Waals surface area contributed by atoms with E-state index in [9.17, 15) is 18.3 Å². The zero-order chi connectivity index (χ0) is 13.7. The molecule has 4 nitrogen and oxygen atoms in total. The maximum atomic E-state index is 12.7. The number of fused-ring (bicyclic) bond motifs is 1. The molecule has 0 unspecified atom stereocenters. The van der Waals surface area contributed by atoms with Crippen molar-refractivity contribution in [3.05, 3.63) is 36.0 Å². The zero-order valence-corrected chi connectivity index (χ0v) is 9.66. The Hall–Kier alpha value is -1.57. The van der Waals surface area contributed by atoms with Gasteiger partial charge in [-0.15, -0.1) is 0 Å². The maximum Gasteiger partial charge on any atom is 0.444 e. The van der Waals surface area contributed by atoms with E-state index in [2.05, 4.69) is 15.3 Å². The number of nitrogens with one attached hydrogen (secondary N) is 2. The number of aromatic amines is 1. The van der Waals surface area contributed by atoms with Gasteiger partial charge in [-0.3, -0.25) is 4.84 Å². The highest BCUT2D eigenvalue weighted by Gasteiger charge is 2.60. The molecule has 102 valence electrons. The van der Waals surface area contributed by atoms with Crippen LogP contribution in [0.2, 0.25) is 0 Å². The standard InChI is InChI=1S/C12H11F3N2O2/c13-12(14,15)11(18)5-10(17-19-11)8-6-16-9-4-2-1-3-7(8)9/h1-4,6,10,16-18H,5H2/t10-,11-/m1/s1. The van der Waals surface area contributed by atoms with E-state index < -0.39 is 24.4 Å². The number of hydrogen-bond acceptors (Lipinski definition) is 3. The maximum absolute atomic E-state index is 12.7. The lowest BCUT2D eigenvalue weighted by Gasteiger charge is -2.22. The summed E-state index contributed by atoms with van der Waals surface area (Å²) in [5, 5.41) is 10.3. The van der Waals surface area contributed by atoms with Gasteiger partial charge in [0.2, 0.25) is 0 Å². The van der Waals surface area contributed by atoms with Crippen LogP contribution in [0.1, 0.15) is 18.0 Å². The molecule has 0 aliphatic carbocycles. The lowest BCUT2D eigenvalue weighted by atomic mass is 10.00. The SMILES string of the molecule is O[C@]1(C(F)(F)F)C[C@H](c2c[nH]c3ccccc23)NO1. The zero-order valence-electron chi connectivity index (χ0n) is 9.66. The van der Waals surface area contributed by atoms with Crippen molar-refractivity contribution in [2.24, 2.45) is 0 Å². The summed E-state index contributed by atoms with van der Waals surface area (Å²) < 4.78 is 38.0. The molecule has 1 aliphatic rings. The number of hydroxylamine groups is 1. The van der Waals surface area contributed by atoms with Crippen molar-refractivity contribution in [1.29, 1.82) is 0 Å². The van der Waals surface area contributed by atoms with Gasteiger partial charge in [0.05, 0.1) is 6.04 Å². The monoisotopic (exact) mass is 272 g/mol. The van der Waals surface area contributed by atoms with Crippen LogP contribution in [0.15, 0.2) is 30.5 Å². The molecule has 1 fully saturated rings. The van der Waals surface area contributed by atoms with Crippen LogP contribution in [0.3, 0.4) is 0 Å². The number of halogens is 3. The molecule has 1 saturated heterocycles. The lowest BCUT2D eigenvalue weighted by molar-refractivity contribution is -0.361. The van der Waals surface area contributed by atoms with Gasteiger partial charge in [-0.05, 0) is 11.6 Å². The van der Waals surface area contributed by atoms with Crippen molar-refractivity contribution >= 4 is 10.9 Å². The number of H-pyrrole nitrogens is 1. The molecule has 19 heavy (non-hydrogen) atoms. The van der Waals surface area contributed by atoms with Gasteiger partial charge >= 0.3 is 6.18 Å². The predicted octanol–water partition coefficient (Wildman–Crippen LogP) is 2.38. The van der Waals surface area contributed by atoms with Gasteiger partial charge in [0.1, 0.15) is 0 Å². The summed E-state index contributed by atoms with van der Waals surface area (Å²) in [7, 11) is 0. The molecule has 2 heterocycles. The number of para-hydroxylation sites is 1. The molecule has 0 spiro atoms. The molecule has 1 aliphatic heterocycles. The first kappa shape index (κ1) is 12.5. The van der Waals surface area contributed by atoms with E-state index >= 15 is 0 Å². The van der Waals surface area contributed by atoms with Gasteiger partial charge in [0, 0.05) is 23.5 Å². The first-order chi connectivity index (χ1) is 8.91. The summed E-state index contributed by atoms with van der Waals surface area (Å²) in [6.45, 7) is 0. The number of alkyl halides is 3. The second-order valence-electron chi connectivity index (χ2n) is 4.55. The lowest BCUT2D eigenvalue weighted by Crippen LogP contribution is -2.45. The molecule has 3 rings (SSSR count). The minimum Gasteiger partial charge on any atom is -0.361 e. The second-order valence-corrected chi connectivity index (χ2v) is 4.55. The Morgan fingerprint density at radius 2 is 2.05 bits per heavy atom. The number of rotatable bonds is 1. The Labute approximate surface area is 106 Å². The smallest absolute Gasteiger partial charge is 0.361 e. The van der Waals surface area contributed by atoms with Crippen LogP contribution in [-0.2, 0) is 4.84 Å². The second kappa shape index (κ2) is 3.96. The Bertz CT molecular complexity index is 610. The van der Waals surface area contributed by atoms with Gasteiger partial charge in [0.15, 0.2) is 0 Å². The van der Waals surface area contributed by atoms with E-state index in [-0.39, 0.29) is 0 Å². The number of benzene rings is 1. The third kappa shape index (κ3) is 1.90. The summed E-state index contributed by atoms with van der Waals surface area (Å²) >= 11 is 0. The van der Waals surface area contributed by atoms with Gasteiger partial charge in [-0.1, -0.05) is 18.2 Å². The van der Waals surface area contributed by atoms with Crippen LogP contribution in [0.4, 0.5) is 13.2 Å². The molecule has 2 atom stereocenters. The molecule has 1 aromatic heterocycles. The topological polar surface area (TPSA) is 57.3 Å². The molecular weight excluding hydrogens is 261 g/mol. The fraction of sp³-hybridized carbons (Fsp3) is 0.333. The molecule has 1 aromatic carbocycles. The van der Waals surface area contributed by atoms with Crippen LogP contribution in [-0.4, -0.2) is 22.1 Å². The number of aromatic nitrogens is 1.